The highest BCUT2D eigenvalue weighted by molar-refractivity contribution is 5.96. The average molecular weight is 557 g/mol. The monoisotopic (exact) mass is 556 g/mol. The van der Waals surface area contributed by atoms with Crippen LogP contribution in [0.3, 0.4) is 0 Å². The molecule has 3 aliphatic rings. The molecule has 11 heteroatoms. The number of aryl methyl sites for hydroxylation is 2. The van der Waals surface area contributed by atoms with Crippen LogP contribution >= 0.6 is 0 Å². The third-order valence-corrected chi connectivity index (χ3v) is 8.05. The number of benzene rings is 1. The van der Waals surface area contributed by atoms with Crippen molar-refractivity contribution in [2.45, 2.75) is 57.3 Å². The normalized spacial score (nSPS) is 19.4. The summed E-state index contributed by atoms with van der Waals surface area (Å²) in [7, 11) is 0. The van der Waals surface area contributed by atoms with Crippen LogP contribution in [0, 0.1) is 5.92 Å². The Kier molecular flexibility index (Phi) is 7.16. The van der Waals surface area contributed by atoms with Crippen LogP contribution in [-0.2, 0) is 30.3 Å². The van der Waals surface area contributed by atoms with E-state index >= 15 is 0 Å². The Morgan fingerprint density at radius 2 is 1.85 bits per heavy atom. The van der Waals surface area contributed by atoms with Gasteiger partial charge in [-0.1, -0.05) is 18.2 Å². The van der Waals surface area contributed by atoms with Crippen molar-refractivity contribution in [3.63, 3.8) is 0 Å². The molecule has 0 spiro atoms. The van der Waals surface area contributed by atoms with Gasteiger partial charge in [-0.15, -0.1) is 0 Å². The molecular weight excluding hydrogens is 525 g/mol. The predicted octanol–water partition coefficient (Wildman–Crippen LogP) is 4.72. The van der Waals surface area contributed by atoms with Crippen molar-refractivity contribution in [1.29, 1.82) is 0 Å². The number of nitrogens with one attached hydrogen (secondary N) is 1. The number of ether oxygens (including phenoxy) is 1. The Morgan fingerprint density at radius 1 is 1.07 bits per heavy atom. The van der Waals surface area contributed by atoms with Gasteiger partial charge in [-0.25, -0.2) is 0 Å². The molecule has 1 N–H and O–H groups in total. The van der Waals surface area contributed by atoms with Gasteiger partial charge in [0.2, 0.25) is 5.76 Å². The number of carbonyl (C=O) groups excluding carboxylic acids is 2. The number of carbonyl (C=O) groups is 2. The van der Waals surface area contributed by atoms with Crippen LogP contribution in [-0.4, -0.2) is 58.8 Å². The number of rotatable bonds is 6. The summed E-state index contributed by atoms with van der Waals surface area (Å²) >= 11 is 0. The molecule has 1 atom stereocenters. The highest BCUT2D eigenvalue weighted by Gasteiger charge is 2.45. The molecule has 2 saturated heterocycles. The van der Waals surface area contributed by atoms with Gasteiger partial charge in [-0.05, 0) is 55.7 Å². The van der Waals surface area contributed by atoms with Crippen molar-refractivity contribution >= 4 is 11.8 Å². The molecule has 0 bridgehead atoms. The molecule has 2 fully saturated rings. The third kappa shape index (κ3) is 5.26. The lowest BCUT2D eigenvalue weighted by atomic mass is 9.93. The second kappa shape index (κ2) is 10.8. The number of alkyl halides is 3. The summed E-state index contributed by atoms with van der Waals surface area (Å²) < 4.78 is 55.8. The summed E-state index contributed by atoms with van der Waals surface area (Å²) in [5.74, 6) is -1.22. The number of hydrogen-bond donors (Lipinski definition) is 1. The Bertz CT molecular complexity index is 1380. The van der Waals surface area contributed by atoms with Crippen LogP contribution in [0.15, 0.2) is 40.9 Å². The Hall–Kier alpha value is -3.60. The first-order chi connectivity index (χ1) is 19.3. The molecule has 0 radical (unpaired) electrons. The quantitative estimate of drug-likeness (QED) is 0.475. The van der Waals surface area contributed by atoms with Crippen LogP contribution in [0.2, 0.25) is 0 Å². The Morgan fingerprint density at radius 3 is 2.55 bits per heavy atom. The van der Waals surface area contributed by atoms with E-state index in [1.807, 2.05) is 29.3 Å². The zero-order valence-electron chi connectivity index (χ0n) is 22.0. The molecule has 6 rings (SSSR count). The lowest BCUT2D eigenvalue weighted by Crippen LogP contribution is -2.39. The lowest BCUT2D eigenvalue weighted by molar-refractivity contribution is -0.137. The number of furan rings is 1. The fourth-order valence-corrected chi connectivity index (χ4v) is 5.97. The summed E-state index contributed by atoms with van der Waals surface area (Å²) in [6, 6.07) is 9.17. The highest BCUT2D eigenvalue weighted by atomic mass is 19.4. The van der Waals surface area contributed by atoms with Gasteiger partial charge in [0.05, 0.1) is 17.4 Å². The molecule has 4 heterocycles. The second-order valence-corrected chi connectivity index (χ2v) is 10.8. The van der Waals surface area contributed by atoms with E-state index in [9.17, 15) is 22.8 Å². The molecule has 2 aliphatic heterocycles. The molecule has 0 unspecified atom stereocenters. The molecular formula is C29H31F3N4O4. The van der Waals surface area contributed by atoms with Gasteiger partial charge in [0.15, 0.2) is 0 Å². The lowest BCUT2D eigenvalue weighted by Gasteiger charge is -2.32. The van der Waals surface area contributed by atoms with E-state index in [0.717, 1.165) is 25.7 Å². The molecule has 3 aromatic rings. The number of halogens is 3. The summed E-state index contributed by atoms with van der Waals surface area (Å²) in [4.78, 5) is 27.4. The van der Waals surface area contributed by atoms with Gasteiger partial charge < -0.3 is 19.4 Å². The van der Waals surface area contributed by atoms with E-state index in [1.54, 1.807) is 16.8 Å². The van der Waals surface area contributed by atoms with Gasteiger partial charge in [0, 0.05) is 51.0 Å². The van der Waals surface area contributed by atoms with Crippen molar-refractivity contribution < 1.29 is 31.9 Å². The minimum atomic E-state index is -4.79. The van der Waals surface area contributed by atoms with E-state index < -0.39 is 23.4 Å². The number of fused-ring (bicyclic) bond motifs is 3. The van der Waals surface area contributed by atoms with Crippen LogP contribution in [0.1, 0.15) is 63.5 Å². The summed E-state index contributed by atoms with van der Waals surface area (Å²) in [6.45, 7) is 2.50. The van der Waals surface area contributed by atoms with Crippen LogP contribution in [0.25, 0.3) is 11.3 Å². The molecule has 1 aromatic carbocycles. The smallest absolute Gasteiger partial charge is 0.420 e. The first-order valence-electron chi connectivity index (χ1n) is 13.8. The van der Waals surface area contributed by atoms with Crippen molar-refractivity contribution in [1.82, 2.24) is 20.0 Å². The minimum absolute atomic E-state index is 0.0105. The van der Waals surface area contributed by atoms with Gasteiger partial charge >= 0.3 is 6.18 Å². The second-order valence-electron chi connectivity index (χ2n) is 10.8. The van der Waals surface area contributed by atoms with E-state index in [0.29, 0.717) is 43.8 Å². The predicted molar refractivity (Wildman–Crippen MR) is 139 cm³/mol. The van der Waals surface area contributed by atoms with E-state index in [1.165, 1.54) is 0 Å². The van der Waals surface area contributed by atoms with Crippen molar-refractivity contribution in [3.05, 3.63) is 64.7 Å². The number of amides is 2. The fraction of sp³-hybridized carbons (Fsp3) is 0.483. The van der Waals surface area contributed by atoms with Crippen molar-refractivity contribution in [2.75, 3.05) is 26.2 Å². The van der Waals surface area contributed by atoms with Gasteiger partial charge in [0.1, 0.15) is 11.3 Å². The largest absolute Gasteiger partial charge is 0.455 e. The van der Waals surface area contributed by atoms with Gasteiger partial charge in [0.25, 0.3) is 11.8 Å². The maximum atomic E-state index is 14.3. The zero-order chi connectivity index (χ0) is 27.9. The maximum Gasteiger partial charge on any atom is 0.420 e. The SMILES string of the molecule is O=C(NC[C@@H]1CCCO1)c1oc2c(c1C(F)(F)F)-c1nn(CC3CCN(C(=O)c4ccccc4)CC3)cc1CC2. The molecule has 2 aromatic heterocycles. The topological polar surface area (TPSA) is 89.6 Å². The molecule has 212 valence electrons. The standard InChI is InChI=1S/C29H31F3N4O4/c30-29(31,32)24-23-22(40-26(24)27(37)33-15-21-7-4-14-39-21)9-8-20-17-36(34-25(20)23)16-18-10-12-35(13-11-18)28(38)19-5-2-1-3-6-19/h1-3,5-6,17-18,21H,4,7-16H2,(H,33,37)/t21-/m0/s1. The summed E-state index contributed by atoms with van der Waals surface area (Å²) in [5.41, 5.74) is 0.412. The third-order valence-electron chi connectivity index (χ3n) is 8.05. The molecule has 2 amide bonds. The fourth-order valence-electron chi connectivity index (χ4n) is 5.97. The molecule has 0 saturated carbocycles. The minimum Gasteiger partial charge on any atom is -0.455 e. The van der Waals surface area contributed by atoms with Crippen molar-refractivity contribution in [3.8, 4) is 11.3 Å². The summed E-state index contributed by atoms with van der Waals surface area (Å²) in [5, 5.41) is 7.12. The number of aromatic nitrogens is 2. The number of nitrogens with zero attached hydrogens (tertiary/aromatic N) is 3. The first-order valence-corrected chi connectivity index (χ1v) is 13.8. The van der Waals surface area contributed by atoms with E-state index in [4.69, 9.17) is 9.15 Å². The Balaban J connectivity index is 1.17. The summed E-state index contributed by atoms with van der Waals surface area (Å²) in [6.07, 6.45) is 0.738. The van der Waals surface area contributed by atoms with E-state index in [-0.39, 0.29) is 47.9 Å². The first kappa shape index (κ1) is 26.6. The maximum absolute atomic E-state index is 14.3. The number of piperidine rings is 1. The van der Waals surface area contributed by atoms with E-state index in [2.05, 4.69) is 10.4 Å². The van der Waals surface area contributed by atoms with Crippen LogP contribution in [0.4, 0.5) is 13.2 Å². The highest BCUT2D eigenvalue weighted by Crippen LogP contribution is 2.46. The number of likely N-dealkylation sites (tertiary alicyclic amines) is 1. The number of hydrogen-bond acceptors (Lipinski definition) is 5. The van der Waals surface area contributed by atoms with Crippen molar-refractivity contribution in [2.24, 2.45) is 5.92 Å². The van der Waals surface area contributed by atoms with Gasteiger partial charge in [-0.2, -0.15) is 18.3 Å². The molecule has 8 nitrogen and oxygen atoms in total. The molecule has 1 aliphatic carbocycles. The van der Waals surface area contributed by atoms with Crippen LogP contribution in [0.5, 0.6) is 0 Å². The Labute approximate surface area is 229 Å². The average Bonchev–Trinajstić information content (AvgIpc) is 3.70. The zero-order valence-corrected chi connectivity index (χ0v) is 22.0. The van der Waals surface area contributed by atoms with Gasteiger partial charge in [-0.3, -0.25) is 14.3 Å². The van der Waals surface area contributed by atoms with Crippen LogP contribution < -0.4 is 5.32 Å². The molecule has 40 heavy (non-hydrogen) atoms.